The second-order valence-electron chi connectivity index (χ2n) is 2.37. The van der Waals surface area contributed by atoms with Gasteiger partial charge in [-0.2, -0.15) is 0 Å². The van der Waals surface area contributed by atoms with Gasteiger partial charge in [0.25, 0.3) is 0 Å². The number of ether oxygens (including phenoxy) is 1. The number of rotatable bonds is 1. The first-order valence-electron chi connectivity index (χ1n) is 3.22. The molecule has 0 fully saturated rings. The van der Waals surface area contributed by atoms with E-state index < -0.39 is 0 Å². The molecule has 0 saturated carbocycles. The van der Waals surface area contributed by atoms with E-state index in [0.717, 1.165) is 0 Å². The maximum absolute atomic E-state index is 10.7. The van der Waals surface area contributed by atoms with Gasteiger partial charge in [0, 0.05) is 11.6 Å². The topological polar surface area (TPSA) is 43.4 Å². The third kappa shape index (κ3) is 1.77. The number of cyclic esters (lactones) is 1. The van der Waals surface area contributed by atoms with E-state index in [9.17, 15) is 9.59 Å². The molecule has 0 atom stereocenters. The Hall–Kier alpha value is -1.38. The Balaban J connectivity index is 2.83. The summed E-state index contributed by atoms with van der Waals surface area (Å²) in [5.41, 5.74) is 0.525. The molecule has 1 aliphatic heterocycles. The van der Waals surface area contributed by atoms with Crippen LogP contribution in [-0.2, 0) is 14.3 Å². The summed E-state index contributed by atoms with van der Waals surface area (Å²) in [6.45, 7) is 3.05. The molecular weight excluding hydrogens is 144 g/mol. The van der Waals surface area contributed by atoms with Crippen molar-refractivity contribution in [2.75, 3.05) is 0 Å². The molecule has 0 N–H and O–H groups in total. The molecule has 0 amide bonds. The molecule has 0 aliphatic carbocycles. The SMILES string of the molecule is CC(=O)C=C1C=C(C)C(=O)O1. The van der Waals surface area contributed by atoms with Gasteiger partial charge in [0.05, 0.1) is 0 Å². The summed E-state index contributed by atoms with van der Waals surface area (Å²) in [5, 5.41) is 0. The van der Waals surface area contributed by atoms with E-state index in [1.54, 1.807) is 13.0 Å². The lowest BCUT2D eigenvalue weighted by Gasteiger charge is -1.91. The number of carbonyl (C=O) groups is 2. The van der Waals surface area contributed by atoms with Crippen LogP contribution >= 0.6 is 0 Å². The molecule has 0 unspecified atom stereocenters. The minimum Gasteiger partial charge on any atom is -0.423 e. The first-order chi connectivity index (χ1) is 5.09. The van der Waals surface area contributed by atoms with Crippen LogP contribution in [0.2, 0.25) is 0 Å². The van der Waals surface area contributed by atoms with Gasteiger partial charge in [-0.25, -0.2) is 4.79 Å². The lowest BCUT2D eigenvalue weighted by molar-refractivity contribution is -0.133. The minimum absolute atomic E-state index is 0.126. The number of allylic oxidation sites excluding steroid dienone is 2. The fraction of sp³-hybridized carbons (Fsp3) is 0.250. The third-order valence-corrected chi connectivity index (χ3v) is 1.24. The van der Waals surface area contributed by atoms with Crippen molar-refractivity contribution in [1.29, 1.82) is 0 Å². The number of ketones is 1. The van der Waals surface area contributed by atoms with E-state index in [4.69, 9.17) is 4.74 Å². The van der Waals surface area contributed by atoms with Gasteiger partial charge in [-0.3, -0.25) is 4.79 Å². The molecule has 0 spiro atoms. The third-order valence-electron chi connectivity index (χ3n) is 1.24. The molecule has 58 valence electrons. The summed E-state index contributed by atoms with van der Waals surface area (Å²) in [6.07, 6.45) is 2.83. The molecule has 1 heterocycles. The molecule has 11 heavy (non-hydrogen) atoms. The van der Waals surface area contributed by atoms with Gasteiger partial charge in [0.2, 0.25) is 0 Å². The van der Waals surface area contributed by atoms with Crippen molar-refractivity contribution < 1.29 is 14.3 Å². The van der Waals surface area contributed by atoms with Crippen molar-refractivity contribution in [3.63, 3.8) is 0 Å². The van der Waals surface area contributed by atoms with Gasteiger partial charge in [-0.05, 0) is 19.9 Å². The van der Waals surface area contributed by atoms with Crippen molar-refractivity contribution in [2.24, 2.45) is 0 Å². The molecule has 0 radical (unpaired) electrons. The van der Waals surface area contributed by atoms with Crippen molar-refractivity contribution in [3.05, 3.63) is 23.5 Å². The normalized spacial score (nSPS) is 20.0. The summed E-state index contributed by atoms with van der Waals surface area (Å²) < 4.78 is 4.69. The van der Waals surface area contributed by atoms with Crippen LogP contribution in [0.1, 0.15) is 13.8 Å². The average Bonchev–Trinajstić information content (AvgIpc) is 2.10. The fourth-order valence-corrected chi connectivity index (χ4v) is 0.761. The van der Waals surface area contributed by atoms with Crippen molar-refractivity contribution in [3.8, 4) is 0 Å². The van der Waals surface area contributed by atoms with Crippen LogP contribution < -0.4 is 0 Å². The summed E-state index contributed by atoms with van der Waals surface area (Å²) >= 11 is 0. The monoisotopic (exact) mass is 152 g/mol. The summed E-state index contributed by atoms with van der Waals surface area (Å²) in [7, 11) is 0. The van der Waals surface area contributed by atoms with E-state index in [0.29, 0.717) is 11.3 Å². The molecule has 1 rings (SSSR count). The Morgan fingerprint density at radius 1 is 1.64 bits per heavy atom. The zero-order valence-corrected chi connectivity index (χ0v) is 6.38. The van der Waals surface area contributed by atoms with E-state index in [1.807, 2.05) is 0 Å². The van der Waals surface area contributed by atoms with E-state index in [1.165, 1.54) is 13.0 Å². The standard InChI is InChI=1S/C8H8O3/c1-5-3-7(4-6(2)9)11-8(5)10/h3-4H,1-2H3. The predicted octanol–water partition coefficient (Wildman–Crippen LogP) is 0.962. The Kier molecular flexibility index (Phi) is 1.89. The molecule has 1 aliphatic rings. The fourth-order valence-electron chi connectivity index (χ4n) is 0.761. The van der Waals surface area contributed by atoms with E-state index >= 15 is 0 Å². The van der Waals surface area contributed by atoms with Crippen molar-refractivity contribution in [2.45, 2.75) is 13.8 Å². The highest BCUT2D eigenvalue weighted by atomic mass is 16.5. The van der Waals surface area contributed by atoms with E-state index in [-0.39, 0.29) is 11.8 Å². The number of hydrogen-bond donors (Lipinski definition) is 0. The lowest BCUT2D eigenvalue weighted by atomic mass is 10.3. The van der Waals surface area contributed by atoms with Gasteiger partial charge in [0.1, 0.15) is 5.76 Å². The molecule has 0 saturated heterocycles. The van der Waals surface area contributed by atoms with Gasteiger partial charge >= 0.3 is 5.97 Å². The number of esters is 1. The first-order valence-corrected chi connectivity index (χ1v) is 3.22. The number of carbonyl (C=O) groups excluding carboxylic acids is 2. The Bertz CT molecular complexity index is 271. The smallest absolute Gasteiger partial charge is 0.339 e. The quantitative estimate of drug-likeness (QED) is 0.415. The Morgan fingerprint density at radius 2 is 2.27 bits per heavy atom. The van der Waals surface area contributed by atoms with Crippen LogP contribution in [0.4, 0.5) is 0 Å². The molecule has 3 heteroatoms. The second kappa shape index (κ2) is 2.70. The number of hydrogen-bond acceptors (Lipinski definition) is 3. The zero-order valence-electron chi connectivity index (χ0n) is 6.38. The molecule has 3 nitrogen and oxygen atoms in total. The molecule has 0 aromatic rings. The maximum Gasteiger partial charge on any atom is 0.339 e. The van der Waals surface area contributed by atoms with E-state index in [2.05, 4.69) is 0 Å². The lowest BCUT2D eigenvalue weighted by Crippen LogP contribution is -1.95. The van der Waals surface area contributed by atoms with Crippen LogP contribution in [0.5, 0.6) is 0 Å². The Labute approximate surface area is 64.3 Å². The Morgan fingerprint density at radius 3 is 2.64 bits per heavy atom. The van der Waals surface area contributed by atoms with Crippen LogP contribution in [0, 0.1) is 0 Å². The van der Waals surface area contributed by atoms with Crippen molar-refractivity contribution >= 4 is 11.8 Å². The highest BCUT2D eigenvalue weighted by Gasteiger charge is 2.16. The van der Waals surface area contributed by atoms with Gasteiger partial charge in [0.15, 0.2) is 5.78 Å². The highest BCUT2D eigenvalue weighted by Crippen LogP contribution is 2.15. The first kappa shape index (κ1) is 7.72. The molecular formula is C8H8O3. The highest BCUT2D eigenvalue weighted by molar-refractivity contribution is 5.95. The minimum atomic E-state index is -0.377. The summed E-state index contributed by atoms with van der Waals surface area (Å²) in [4.78, 5) is 21.2. The van der Waals surface area contributed by atoms with Crippen molar-refractivity contribution in [1.82, 2.24) is 0 Å². The largest absolute Gasteiger partial charge is 0.423 e. The molecule has 0 bridgehead atoms. The summed E-state index contributed by atoms with van der Waals surface area (Å²) in [6, 6.07) is 0. The maximum atomic E-state index is 10.7. The van der Waals surface area contributed by atoms with Gasteiger partial charge in [-0.1, -0.05) is 0 Å². The second-order valence-corrected chi connectivity index (χ2v) is 2.37. The summed E-state index contributed by atoms with van der Waals surface area (Å²) in [5.74, 6) is -0.170. The average molecular weight is 152 g/mol. The van der Waals surface area contributed by atoms with Crippen LogP contribution in [0.3, 0.4) is 0 Å². The van der Waals surface area contributed by atoms with Crippen LogP contribution in [-0.4, -0.2) is 11.8 Å². The van der Waals surface area contributed by atoms with Crippen LogP contribution in [0.25, 0.3) is 0 Å². The van der Waals surface area contributed by atoms with Gasteiger partial charge < -0.3 is 4.74 Å². The molecule has 0 aromatic carbocycles. The molecule has 0 aromatic heterocycles. The van der Waals surface area contributed by atoms with Gasteiger partial charge in [-0.15, -0.1) is 0 Å². The van der Waals surface area contributed by atoms with Crippen LogP contribution in [0.15, 0.2) is 23.5 Å². The predicted molar refractivity (Wildman–Crippen MR) is 38.6 cm³/mol. The zero-order chi connectivity index (χ0) is 8.43.